The van der Waals surface area contributed by atoms with Gasteiger partial charge in [0, 0.05) is 32.0 Å². The van der Waals surface area contributed by atoms with Crippen molar-refractivity contribution >= 4 is 5.78 Å². The van der Waals surface area contributed by atoms with Crippen LogP contribution < -0.4 is 4.74 Å². The predicted molar refractivity (Wildman–Crippen MR) is 67.2 cm³/mol. The second kappa shape index (κ2) is 5.32. The van der Waals surface area contributed by atoms with Gasteiger partial charge in [-0.25, -0.2) is 0 Å². The molecule has 3 heteroatoms. The Morgan fingerprint density at radius 3 is 2.29 bits per heavy atom. The van der Waals surface area contributed by atoms with Gasteiger partial charge >= 0.3 is 0 Å². The van der Waals surface area contributed by atoms with Crippen molar-refractivity contribution in [2.75, 3.05) is 20.2 Å². The number of ketones is 1. The van der Waals surface area contributed by atoms with Gasteiger partial charge in [0.1, 0.15) is 11.5 Å². The monoisotopic (exact) mass is 233 g/mol. The lowest BCUT2D eigenvalue weighted by atomic mass is 10.0. The van der Waals surface area contributed by atoms with Crippen LogP contribution in [0.4, 0.5) is 0 Å². The van der Waals surface area contributed by atoms with Gasteiger partial charge in [-0.2, -0.15) is 0 Å². The van der Waals surface area contributed by atoms with E-state index in [1.54, 1.807) is 7.11 Å². The summed E-state index contributed by atoms with van der Waals surface area (Å²) in [6.45, 7) is 3.95. The summed E-state index contributed by atoms with van der Waals surface area (Å²) >= 11 is 0. The first kappa shape index (κ1) is 12.1. The van der Waals surface area contributed by atoms with Crippen LogP contribution in [0, 0.1) is 0 Å². The van der Waals surface area contributed by atoms with Crippen LogP contribution >= 0.6 is 0 Å². The van der Waals surface area contributed by atoms with E-state index < -0.39 is 0 Å². The van der Waals surface area contributed by atoms with Gasteiger partial charge in [-0.05, 0) is 24.6 Å². The number of carbonyl (C=O) groups excluding carboxylic acids is 1. The quantitative estimate of drug-likeness (QED) is 0.803. The third-order valence-electron chi connectivity index (χ3n) is 3.50. The molecule has 17 heavy (non-hydrogen) atoms. The lowest BCUT2D eigenvalue weighted by Crippen LogP contribution is -2.35. The zero-order chi connectivity index (χ0) is 12.3. The van der Waals surface area contributed by atoms with Crippen molar-refractivity contribution in [2.45, 2.75) is 25.8 Å². The van der Waals surface area contributed by atoms with Crippen molar-refractivity contribution < 1.29 is 9.53 Å². The summed E-state index contributed by atoms with van der Waals surface area (Å²) < 4.78 is 5.15. The van der Waals surface area contributed by atoms with E-state index in [4.69, 9.17) is 4.74 Å². The molecule has 1 unspecified atom stereocenters. The fraction of sp³-hybridized carbons (Fsp3) is 0.500. The lowest BCUT2D eigenvalue weighted by molar-refractivity contribution is -0.121. The summed E-state index contributed by atoms with van der Waals surface area (Å²) in [5, 5.41) is 0. The number of rotatable bonds is 3. The summed E-state index contributed by atoms with van der Waals surface area (Å²) in [4.78, 5) is 13.6. The summed E-state index contributed by atoms with van der Waals surface area (Å²) in [5.74, 6) is 1.28. The molecule has 0 aromatic heterocycles. The largest absolute Gasteiger partial charge is 0.497 e. The van der Waals surface area contributed by atoms with E-state index in [1.807, 2.05) is 12.1 Å². The minimum Gasteiger partial charge on any atom is -0.497 e. The highest BCUT2D eigenvalue weighted by molar-refractivity contribution is 5.79. The van der Waals surface area contributed by atoms with E-state index in [1.165, 1.54) is 5.56 Å². The van der Waals surface area contributed by atoms with Gasteiger partial charge in [0.05, 0.1) is 7.11 Å². The summed E-state index contributed by atoms with van der Waals surface area (Å²) in [6.07, 6.45) is 1.39. The Morgan fingerprint density at radius 1 is 1.18 bits per heavy atom. The van der Waals surface area contributed by atoms with Crippen molar-refractivity contribution in [1.82, 2.24) is 4.90 Å². The van der Waals surface area contributed by atoms with Crippen molar-refractivity contribution in [3.63, 3.8) is 0 Å². The maximum Gasteiger partial charge on any atom is 0.135 e. The second-order valence-electron chi connectivity index (χ2n) is 4.52. The molecule has 3 nitrogen and oxygen atoms in total. The number of Topliss-reactive ketones (excluding diaryl/α,β-unsaturated/α-hetero) is 1. The van der Waals surface area contributed by atoms with Crippen molar-refractivity contribution in [3.05, 3.63) is 29.8 Å². The third-order valence-corrected chi connectivity index (χ3v) is 3.50. The second-order valence-corrected chi connectivity index (χ2v) is 4.52. The van der Waals surface area contributed by atoms with Crippen LogP contribution in [0.15, 0.2) is 24.3 Å². The number of methoxy groups -OCH3 is 1. The van der Waals surface area contributed by atoms with Gasteiger partial charge in [-0.15, -0.1) is 0 Å². The molecule has 92 valence electrons. The van der Waals surface area contributed by atoms with Crippen LogP contribution in [0.3, 0.4) is 0 Å². The Bertz CT molecular complexity index is 376. The smallest absolute Gasteiger partial charge is 0.135 e. The number of benzene rings is 1. The molecule has 0 amide bonds. The van der Waals surface area contributed by atoms with Crippen LogP contribution in [0.1, 0.15) is 31.4 Å². The zero-order valence-corrected chi connectivity index (χ0v) is 10.5. The zero-order valence-electron chi connectivity index (χ0n) is 10.5. The van der Waals surface area contributed by atoms with E-state index in [2.05, 4.69) is 24.0 Å². The van der Waals surface area contributed by atoms with Crippen LogP contribution in [0.25, 0.3) is 0 Å². The highest BCUT2D eigenvalue weighted by Crippen LogP contribution is 2.24. The van der Waals surface area contributed by atoms with Crippen LogP contribution in [-0.2, 0) is 4.79 Å². The molecule has 2 rings (SSSR count). The maximum atomic E-state index is 11.2. The van der Waals surface area contributed by atoms with Crippen LogP contribution in [0.5, 0.6) is 5.75 Å². The van der Waals surface area contributed by atoms with Crippen LogP contribution in [-0.4, -0.2) is 30.9 Å². The number of nitrogens with zero attached hydrogens (tertiary/aromatic N) is 1. The van der Waals surface area contributed by atoms with Gasteiger partial charge in [0.2, 0.25) is 0 Å². The number of likely N-dealkylation sites (tertiary alicyclic amines) is 1. The molecule has 1 aromatic rings. The first-order valence-electron chi connectivity index (χ1n) is 6.10. The SMILES string of the molecule is COc1ccc(C(C)N2CCC(=O)CC2)cc1. The molecule has 0 radical (unpaired) electrons. The molecule has 1 aliphatic rings. The average molecular weight is 233 g/mol. The molecule has 0 N–H and O–H groups in total. The molecule has 0 aliphatic carbocycles. The van der Waals surface area contributed by atoms with E-state index in [0.717, 1.165) is 18.8 Å². The topological polar surface area (TPSA) is 29.5 Å². The number of ether oxygens (including phenoxy) is 1. The van der Waals surface area contributed by atoms with Gasteiger partial charge < -0.3 is 4.74 Å². The maximum absolute atomic E-state index is 11.2. The fourth-order valence-electron chi connectivity index (χ4n) is 2.25. The molecule has 0 saturated carbocycles. The summed E-state index contributed by atoms with van der Waals surface area (Å²) in [5.41, 5.74) is 1.28. The lowest BCUT2D eigenvalue weighted by Gasteiger charge is -2.32. The molecular formula is C14H19NO2. The molecule has 1 atom stereocenters. The Balaban J connectivity index is 2.03. The standard InChI is InChI=1S/C14H19NO2/c1-11(15-9-7-13(16)8-10-15)12-3-5-14(17-2)6-4-12/h3-6,11H,7-10H2,1-2H3. The summed E-state index contributed by atoms with van der Waals surface area (Å²) in [7, 11) is 1.68. The van der Waals surface area contributed by atoms with Gasteiger partial charge in [-0.1, -0.05) is 12.1 Å². The van der Waals surface area contributed by atoms with E-state index in [9.17, 15) is 4.79 Å². The Labute approximate surface area is 102 Å². The normalized spacial score (nSPS) is 19.1. The average Bonchev–Trinajstić information content (AvgIpc) is 2.39. The summed E-state index contributed by atoms with van der Waals surface area (Å²) in [6, 6.07) is 8.54. The Hall–Kier alpha value is -1.35. The minimum absolute atomic E-state index is 0.369. The molecule has 1 aliphatic heterocycles. The molecule has 0 spiro atoms. The Morgan fingerprint density at radius 2 is 1.76 bits per heavy atom. The van der Waals surface area contributed by atoms with Crippen molar-refractivity contribution in [2.24, 2.45) is 0 Å². The van der Waals surface area contributed by atoms with Gasteiger partial charge in [0.25, 0.3) is 0 Å². The Kier molecular flexibility index (Phi) is 3.79. The van der Waals surface area contributed by atoms with Gasteiger partial charge in [0.15, 0.2) is 0 Å². The number of piperidine rings is 1. The molecular weight excluding hydrogens is 214 g/mol. The van der Waals surface area contributed by atoms with Crippen molar-refractivity contribution in [3.8, 4) is 5.75 Å². The third kappa shape index (κ3) is 2.86. The first-order valence-corrected chi connectivity index (χ1v) is 6.10. The minimum atomic E-state index is 0.369. The molecule has 1 fully saturated rings. The molecule has 1 heterocycles. The molecule has 1 aromatic carbocycles. The van der Waals surface area contributed by atoms with E-state index in [-0.39, 0.29) is 0 Å². The molecule has 1 saturated heterocycles. The fourth-order valence-corrected chi connectivity index (χ4v) is 2.25. The highest BCUT2D eigenvalue weighted by atomic mass is 16.5. The number of carbonyl (C=O) groups is 1. The van der Waals surface area contributed by atoms with Gasteiger partial charge in [-0.3, -0.25) is 9.69 Å². The highest BCUT2D eigenvalue weighted by Gasteiger charge is 2.21. The van der Waals surface area contributed by atoms with Crippen LogP contribution in [0.2, 0.25) is 0 Å². The molecule has 0 bridgehead atoms. The number of hydrogen-bond acceptors (Lipinski definition) is 3. The van der Waals surface area contributed by atoms with E-state index in [0.29, 0.717) is 24.7 Å². The van der Waals surface area contributed by atoms with Crippen molar-refractivity contribution in [1.29, 1.82) is 0 Å². The predicted octanol–water partition coefficient (Wildman–Crippen LogP) is 2.42. The number of hydrogen-bond donors (Lipinski definition) is 0. The first-order chi connectivity index (χ1) is 8.20. The van der Waals surface area contributed by atoms with E-state index >= 15 is 0 Å².